The lowest BCUT2D eigenvalue weighted by Crippen LogP contribution is -2.48. The average Bonchev–Trinajstić information content (AvgIpc) is 3.04. The quantitative estimate of drug-likeness (QED) is 0.745. The predicted octanol–water partition coefficient (Wildman–Crippen LogP) is 4.78. The van der Waals surface area contributed by atoms with Crippen LogP contribution in [0, 0.1) is 13.8 Å². The van der Waals surface area contributed by atoms with E-state index in [2.05, 4.69) is 55.3 Å². The second kappa shape index (κ2) is 8.39. The van der Waals surface area contributed by atoms with Crippen LogP contribution in [0.2, 0.25) is 0 Å². The van der Waals surface area contributed by atoms with Crippen molar-refractivity contribution in [2.24, 2.45) is 0 Å². The van der Waals surface area contributed by atoms with Crippen molar-refractivity contribution < 1.29 is 4.79 Å². The van der Waals surface area contributed by atoms with Crippen molar-refractivity contribution in [1.82, 2.24) is 15.1 Å². The van der Waals surface area contributed by atoms with Crippen molar-refractivity contribution in [2.45, 2.75) is 63.4 Å². The Balaban J connectivity index is 1.59. The molecule has 2 aromatic rings. The highest BCUT2D eigenvalue weighted by Gasteiger charge is 2.28. The molecule has 1 aromatic carbocycles. The van der Waals surface area contributed by atoms with Gasteiger partial charge in [-0.15, -0.1) is 10.2 Å². The second-order valence-electron chi connectivity index (χ2n) is 6.98. The van der Waals surface area contributed by atoms with E-state index in [1.54, 1.807) is 0 Å². The van der Waals surface area contributed by atoms with Gasteiger partial charge in [-0.1, -0.05) is 41.3 Å². The third kappa shape index (κ3) is 4.38. The SMILES string of the molecule is Cc1cccc(C)c1Nc1nnc(SCC(=O)N2[C@@H](C)CCC[C@@H]2C)s1. The molecule has 0 bridgehead atoms. The highest BCUT2D eigenvalue weighted by atomic mass is 32.2. The molecule has 1 amide bonds. The summed E-state index contributed by atoms with van der Waals surface area (Å²) in [6.07, 6.45) is 3.41. The first kappa shape index (κ1) is 19.2. The third-order valence-electron chi connectivity index (χ3n) is 4.92. The number of rotatable bonds is 5. The summed E-state index contributed by atoms with van der Waals surface area (Å²) in [5.74, 6) is 0.626. The number of carbonyl (C=O) groups excluding carboxylic acids is 1. The summed E-state index contributed by atoms with van der Waals surface area (Å²) in [5, 5.41) is 12.6. The van der Waals surface area contributed by atoms with Crippen molar-refractivity contribution in [3.05, 3.63) is 29.3 Å². The molecule has 1 aliphatic heterocycles. The first-order valence-electron chi connectivity index (χ1n) is 9.06. The Morgan fingerprint density at radius 1 is 1.23 bits per heavy atom. The molecule has 1 aromatic heterocycles. The maximum atomic E-state index is 12.6. The fourth-order valence-corrected chi connectivity index (χ4v) is 5.17. The van der Waals surface area contributed by atoms with Crippen LogP contribution in [0.4, 0.5) is 10.8 Å². The molecule has 0 radical (unpaired) electrons. The number of para-hydroxylation sites is 1. The van der Waals surface area contributed by atoms with Gasteiger partial charge in [0.05, 0.1) is 5.75 Å². The van der Waals surface area contributed by atoms with Gasteiger partial charge in [-0.2, -0.15) is 0 Å². The largest absolute Gasteiger partial charge is 0.337 e. The monoisotopic (exact) mass is 390 g/mol. The standard InChI is InChI=1S/C19H26N4OS2/c1-12-7-5-8-13(2)17(12)20-18-21-22-19(26-18)25-11-16(24)23-14(3)9-6-10-15(23)4/h5,7-8,14-15H,6,9-11H2,1-4H3,(H,20,21)/t14-,15-/m0/s1. The Bertz CT molecular complexity index is 746. The van der Waals surface area contributed by atoms with E-state index in [0.717, 1.165) is 28.0 Å². The maximum absolute atomic E-state index is 12.6. The molecule has 1 fully saturated rings. The first-order chi connectivity index (χ1) is 12.5. The molecule has 26 heavy (non-hydrogen) atoms. The number of hydrogen-bond donors (Lipinski definition) is 1. The van der Waals surface area contributed by atoms with Crippen LogP contribution < -0.4 is 5.32 Å². The van der Waals surface area contributed by atoms with Crippen molar-refractivity contribution in [3.63, 3.8) is 0 Å². The second-order valence-corrected chi connectivity index (χ2v) is 9.18. The van der Waals surface area contributed by atoms with Gasteiger partial charge in [-0.05, 0) is 58.1 Å². The molecule has 1 saturated heterocycles. The highest BCUT2D eigenvalue weighted by Crippen LogP contribution is 2.31. The minimum Gasteiger partial charge on any atom is -0.337 e. The number of carbonyl (C=O) groups is 1. The van der Waals surface area contributed by atoms with Gasteiger partial charge < -0.3 is 10.2 Å². The number of aryl methyl sites for hydroxylation is 2. The summed E-state index contributed by atoms with van der Waals surface area (Å²) >= 11 is 2.97. The Labute approximate surface area is 163 Å². The highest BCUT2D eigenvalue weighted by molar-refractivity contribution is 8.01. The molecule has 5 nitrogen and oxygen atoms in total. The fourth-order valence-electron chi connectivity index (χ4n) is 3.55. The van der Waals surface area contributed by atoms with E-state index in [-0.39, 0.29) is 5.91 Å². The fraction of sp³-hybridized carbons (Fsp3) is 0.526. The molecule has 1 aliphatic rings. The van der Waals surface area contributed by atoms with Gasteiger partial charge in [-0.3, -0.25) is 4.79 Å². The number of hydrogen-bond acceptors (Lipinski definition) is 6. The van der Waals surface area contributed by atoms with E-state index >= 15 is 0 Å². The number of amides is 1. The molecule has 0 unspecified atom stereocenters. The molecule has 0 aliphatic carbocycles. The van der Waals surface area contributed by atoms with Crippen LogP contribution in [0.1, 0.15) is 44.2 Å². The molecule has 7 heteroatoms. The van der Waals surface area contributed by atoms with Crippen LogP contribution >= 0.6 is 23.1 Å². The summed E-state index contributed by atoms with van der Waals surface area (Å²) in [4.78, 5) is 14.7. The molecular formula is C19H26N4OS2. The van der Waals surface area contributed by atoms with Gasteiger partial charge in [0.2, 0.25) is 11.0 Å². The predicted molar refractivity (Wildman–Crippen MR) is 109 cm³/mol. The molecule has 1 N–H and O–H groups in total. The van der Waals surface area contributed by atoms with E-state index in [4.69, 9.17) is 0 Å². The lowest BCUT2D eigenvalue weighted by atomic mass is 9.98. The van der Waals surface area contributed by atoms with Crippen LogP contribution in [-0.2, 0) is 4.79 Å². The van der Waals surface area contributed by atoms with Crippen LogP contribution in [-0.4, -0.2) is 38.8 Å². The number of anilines is 2. The summed E-state index contributed by atoms with van der Waals surface area (Å²) in [7, 11) is 0. The van der Waals surface area contributed by atoms with E-state index in [9.17, 15) is 4.79 Å². The summed E-state index contributed by atoms with van der Waals surface area (Å²) in [6.45, 7) is 8.45. The van der Waals surface area contributed by atoms with Crippen molar-refractivity contribution in [3.8, 4) is 0 Å². The van der Waals surface area contributed by atoms with Gasteiger partial charge >= 0.3 is 0 Å². The molecule has 0 spiro atoms. The van der Waals surface area contributed by atoms with E-state index in [0.29, 0.717) is 17.8 Å². The molecule has 2 heterocycles. The number of thioether (sulfide) groups is 1. The van der Waals surface area contributed by atoms with Crippen LogP contribution in [0.15, 0.2) is 22.5 Å². The zero-order valence-corrected chi connectivity index (χ0v) is 17.4. The first-order valence-corrected chi connectivity index (χ1v) is 10.9. The number of piperidine rings is 1. The minimum absolute atomic E-state index is 0.203. The number of nitrogens with one attached hydrogen (secondary N) is 1. The molecule has 0 saturated carbocycles. The van der Waals surface area contributed by atoms with Crippen LogP contribution in [0.5, 0.6) is 0 Å². The Kier molecular flexibility index (Phi) is 6.19. The summed E-state index contributed by atoms with van der Waals surface area (Å²) in [5.41, 5.74) is 3.43. The van der Waals surface area contributed by atoms with Gasteiger partial charge in [0.1, 0.15) is 0 Å². The average molecular weight is 391 g/mol. The zero-order chi connectivity index (χ0) is 18.7. The zero-order valence-electron chi connectivity index (χ0n) is 15.8. The minimum atomic E-state index is 0.203. The van der Waals surface area contributed by atoms with E-state index < -0.39 is 0 Å². The molecule has 2 atom stereocenters. The van der Waals surface area contributed by atoms with Crippen LogP contribution in [0.25, 0.3) is 0 Å². The summed E-state index contributed by atoms with van der Waals surface area (Å²) < 4.78 is 0.824. The normalized spacial score (nSPS) is 20.2. The van der Waals surface area contributed by atoms with Gasteiger partial charge in [0, 0.05) is 17.8 Å². The van der Waals surface area contributed by atoms with Gasteiger partial charge in [-0.25, -0.2) is 0 Å². The van der Waals surface area contributed by atoms with Crippen molar-refractivity contribution in [1.29, 1.82) is 0 Å². The lowest BCUT2D eigenvalue weighted by molar-refractivity contribution is -0.134. The van der Waals surface area contributed by atoms with E-state index in [1.807, 2.05) is 11.0 Å². The third-order valence-corrected chi connectivity index (χ3v) is 6.88. The van der Waals surface area contributed by atoms with Gasteiger partial charge in [0.15, 0.2) is 4.34 Å². The Hall–Kier alpha value is -1.60. The molecule has 140 valence electrons. The summed E-state index contributed by atoms with van der Waals surface area (Å²) in [6, 6.07) is 6.87. The molecule has 3 rings (SSSR count). The van der Waals surface area contributed by atoms with Crippen molar-refractivity contribution >= 4 is 39.8 Å². The Morgan fingerprint density at radius 3 is 2.54 bits per heavy atom. The van der Waals surface area contributed by atoms with E-state index in [1.165, 1.54) is 40.6 Å². The maximum Gasteiger partial charge on any atom is 0.233 e. The van der Waals surface area contributed by atoms with Crippen molar-refractivity contribution in [2.75, 3.05) is 11.1 Å². The van der Waals surface area contributed by atoms with Crippen LogP contribution in [0.3, 0.4) is 0 Å². The van der Waals surface area contributed by atoms with Gasteiger partial charge in [0.25, 0.3) is 0 Å². The topological polar surface area (TPSA) is 58.1 Å². The number of likely N-dealkylation sites (tertiary alicyclic amines) is 1. The Morgan fingerprint density at radius 2 is 1.88 bits per heavy atom. The lowest BCUT2D eigenvalue weighted by Gasteiger charge is -2.39. The number of aromatic nitrogens is 2. The number of nitrogens with zero attached hydrogens (tertiary/aromatic N) is 3. The molecular weight excluding hydrogens is 364 g/mol. The number of benzene rings is 1. The smallest absolute Gasteiger partial charge is 0.233 e.